The first kappa shape index (κ1) is 10.8. The van der Waals surface area contributed by atoms with Crippen molar-refractivity contribution in [2.75, 3.05) is 6.61 Å². The minimum Gasteiger partial charge on any atom is -0.392 e. The predicted molar refractivity (Wildman–Crippen MR) is 58.1 cm³/mol. The van der Waals surface area contributed by atoms with E-state index in [0.29, 0.717) is 12.5 Å². The van der Waals surface area contributed by atoms with Gasteiger partial charge in [0.15, 0.2) is 0 Å². The highest BCUT2D eigenvalue weighted by Crippen LogP contribution is 2.03. The zero-order valence-electron chi connectivity index (χ0n) is 9.46. The van der Waals surface area contributed by atoms with Gasteiger partial charge in [-0.05, 0) is 19.9 Å². The van der Waals surface area contributed by atoms with Crippen LogP contribution in [0.1, 0.15) is 11.4 Å². The summed E-state index contributed by atoms with van der Waals surface area (Å²) in [7, 11) is 0. The van der Waals surface area contributed by atoms with Crippen LogP contribution in [0.25, 0.3) is 5.95 Å². The summed E-state index contributed by atoms with van der Waals surface area (Å²) in [5.74, 6) is 0.661. The van der Waals surface area contributed by atoms with E-state index in [1.54, 1.807) is 0 Å². The number of nitrogens with zero attached hydrogens (tertiary/aromatic N) is 4. The molecule has 16 heavy (non-hydrogen) atoms. The molecule has 5 nitrogen and oxygen atoms in total. The molecular weight excluding hydrogens is 204 g/mol. The van der Waals surface area contributed by atoms with Gasteiger partial charge in [0.05, 0.1) is 6.61 Å². The first-order chi connectivity index (χ1) is 7.69. The van der Waals surface area contributed by atoms with Gasteiger partial charge in [-0.2, -0.15) is 14.5 Å². The monoisotopic (exact) mass is 219 g/mol. The molecule has 0 radical (unpaired) electrons. The van der Waals surface area contributed by atoms with E-state index in [0.717, 1.165) is 11.4 Å². The van der Waals surface area contributed by atoms with E-state index in [2.05, 4.69) is 9.97 Å². The molecule has 0 aliphatic carbocycles. The first-order valence-electron chi connectivity index (χ1n) is 5.19. The van der Waals surface area contributed by atoms with Crippen LogP contribution in [0.2, 0.25) is 0 Å². The smallest absolute Gasteiger partial charge is 0.326 e. The lowest BCUT2D eigenvalue weighted by molar-refractivity contribution is -0.697. The lowest BCUT2D eigenvalue weighted by Crippen LogP contribution is -2.32. The van der Waals surface area contributed by atoms with E-state index in [1.807, 2.05) is 47.8 Å². The number of imidazole rings is 1. The summed E-state index contributed by atoms with van der Waals surface area (Å²) in [6, 6.07) is 1.94. The Hall–Kier alpha value is -1.75. The fourth-order valence-electron chi connectivity index (χ4n) is 1.58. The standard InChI is InChI=1S/C11H15N4O/c1-9-7-10(2)13-11(12-9)15-4-3-14(8-15)5-6-16/h3-4,7-8,16H,5-6H2,1-2H3/q+1. The highest BCUT2D eigenvalue weighted by molar-refractivity contribution is 5.17. The molecular formula is C11H15N4O+. The van der Waals surface area contributed by atoms with Gasteiger partial charge in [-0.1, -0.05) is 0 Å². The Bertz CT molecular complexity index is 472. The van der Waals surface area contributed by atoms with Gasteiger partial charge in [0, 0.05) is 11.4 Å². The molecule has 0 aliphatic heterocycles. The second-order valence-electron chi connectivity index (χ2n) is 3.73. The third-order valence-corrected chi connectivity index (χ3v) is 2.25. The first-order valence-corrected chi connectivity index (χ1v) is 5.19. The fraction of sp³-hybridized carbons (Fsp3) is 0.364. The number of aromatic nitrogens is 4. The summed E-state index contributed by atoms with van der Waals surface area (Å²) < 4.78 is 3.73. The molecule has 84 valence electrons. The van der Waals surface area contributed by atoms with Gasteiger partial charge in [-0.15, -0.1) is 0 Å². The quantitative estimate of drug-likeness (QED) is 0.748. The molecule has 2 heterocycles. The van der Waals surface area contributed by atoms with E-state index in [-0.39, 0.29) is 6.61 Å². The molecule has 0 bridgehead atoms. The molecule has 2 aromatic heterocycles. The van der Waals surface area contributed by atoms with Gasteiger partial charge in [-0.25, -0.2) is 4.57 Å². The van der Waals surface area contributed by atoms with E-state index in [4.69, 9.17) is 5.11 Å². The molecule has 0 spiro atoms. The summed E-state index contributed by atoms with van der Waals surface area (Å²) in [6.07, 6.45) is 5.63. The zero-order chi connectivity index (χ0) is 11.5. The SMILES string of the molecule is Cc1cc(C)nc(-n2cc[n+](CCO)c2)n1. The zero-order valence-corrected chi connectivity index (χ0v) is 9.46. The van der Waals surface area contributed by atoms with Crippen LogP contribution >= 0.6 is 0 Å². The average Bonchev–Trinajstić information content (AvgIpc) is 2.65. The molecule has 2 rings (SSSR count). The van der Waals surface area contributed by atoms with Crippen molar-refractivity contribution in [3.63, 3.8) is 0 Å². The topological polar surface area (TPSA) is 54.8 Å². The van der Waals surface area contributed by atoms with Crippen LogP contribution in [0.15, 0.2) is 24.8 Å². The molecule has 5 heteroatoms. The highest BCUT2D eigenvalue weighted by atomic mass is 16.3. The predicted octanol–water partition coefficient (Wildman–Crippen LogP) is 0.164. The van der Waals surface area contributed by atoms with Crippen LogP contribution in [-0.2, 0) is 6.54 Å². The third-order valence-electron chi connectivity index (χ3n) is 2.25. The van der Waals surface area contributed by atoms with Crippen molar-refractivity contribution in [3.05, 3.63) is 36.2 Å². The number of aliphatic hydroxyl groups excluding tert-OH is 1. The van der Waals surface area contributed by atoms with E-state index < -0.39 is 0 Å². The maximum Gasteiger partial charge on any atom is 0.326 e. The molecule has 0 aliphatic rings. The van der Waals surface area contributed by atoms with Gasteiger partial charge < -0.3 is 5.11 Å². The molecule has 0 saturated carbocycles. The average molecular weight is 219 g/mol. The van der Waals surface area contributed by atoms with Crippen molar-refractivity contribution >= 4 is 0 Å². The van der Waals surface area contributed by atoms with Crippen LogP contribution in [-0.4, -0.2) is 26.2 Å². The molecule has 0 fully saturated rings. The maximum absolute atomic E-state index is 8.83. The minimum atomic E-state index is 0.127. The van der Waals surface area contributed by atoms with E-state index in [1.165, 1.54) is 0 Å². The van der Waals surface area contributed by atoms with Gasteiger partial charge in [0.25, 0.3) is 6.33 Å². The Morgan fingerprint density at radius 2 is 2.00 bits per heavy atom. The van der Waals surface area contributed by atoms with Gasteiger partial charge in [-0.3, -0.25) is 0 Å². The largest absolute Gasteiger partial charge is 0.392 e. The van der Waals surface area contributed by atoms with Crippen LogP contribution in [0.5, 0.6) is 0 Å². The van der Waals surface area contributed by atoms with Crippen molar-refractivity contribution in [2.24, 2.45) is 0 Å². The molecule has 0 unspecified atom stereocenters. The van der Waals surface area contributed by atoms with Crippen molar-refractivity contribution in [1.29, 1.82) is 0 Å². The van der Waals surface area contributed by atoms with Crippen molar-refractivity contribution in [3.8, 4) is 5.95 Å². The highest BCUT2D eigenvalue weighted by Gasteiger charge is 2.09. The third kappa shape index (κ3) is 2.25. The Morgan fingerprint density at radius 1 is 1.31 bits per heavy atom. The summed E-state index contributed by atoms with van der Waals surface area (Å²) in [5.41, 5.74) is 1.90. The van der Waals surface area contributed by atoms with Crippen molar-refractivity contribution in [1.82, 2.24) is 14.5 Å². The Kier molecular flexibility index (Phi) is 2.96. The second kappa shape index (κ2) is 4.40. The van der Waals surface area contributed by atoms with Crippen LogP contribution < -0.4 is 4.57 Å². The number of rotatable bonds is 3. The minimum absolute atomic E-state index is 0.127. The van der Waals surface area contributed by atoms with Crippen molar-refractivity contribution in [2.45, 2.75) is 20.4 Å². The Balaban J connectivity index is 2.34. The van der Waals surface area contributed by atoms with Crippen LogP contribution in [0.3, 0.4) is 0 Å². The molecule has 0 atom stereocenters. The van der Waals surface area contributed by atoms with Crippen molar-refractivity contribution < 1.29 is 9.67 Å². The summed E-state index contributed by atoms with van der Waals surface area (Å²) in [4.78, 5) is 8.71. The van der Waals surface area contributed by atoms with Crippen LogP contribution in [0, 0.1) is 13.8 Å². The number of hydrogen-bond donors (Lipinski definition) is 1. The molecule has 1 N–H and O–H groups in total. The molecule has 0 saturated heterocycles. The van der Waals surface area contributed by atoms with Gasteiger partial charge in [0.1, 0.15) is 18.9 Å². The fourth-order valence-corrected chi connectivity index (χ4v) is 1.58. The van der Waals surface area contributed by atoms with Gasteiger partial charge >= 0.3 is 5.95 Å². The Labute approximate surface area is 94.0 Å². The second-order valence-corrected chi connectivity index (χ2v) is 3.73. The summed E-state index contributed by atoms with van der Waals surface area (Å²) in [6.45, 7) is 4.60. The van der Waals surface area contributed by atoms with Gasteiger partial charge in [0.2, 0.25) is 0 Å². The Morgan fingerprint density at radius 3 is 2.62 bits per heavy atom. The number of aryl methyl sites for hydroxylation is 2. The summed E-state index contributed by atoms with van der Waals surface area (Å²) in [5, 5.41) is 8.83. The lowest BCUT2D eigenvalue weighted by atomic mass is 10.4. The lowest BCUT2D eigenvalue weighted by Gasteiger charge is -1.97. The number of hydrogen-bond acceptors (Lipinski definition) is 3. The summed E-state index contributed by atoms with van der Waals surface area (Å²) >= 11 is 0. The number of aliphatic hydroxyl groups is 1. The molecule has 2 aromatic rings. The normalized spacial score (nSPS) is 10.7. The molecule has 0 aromatic carbocycles. The van der Waals surface area contributed by atoms with E-state index >= 15 is 0 Å². The maximum atomic E-state index is 8.83. The molecule has 0 amide bonds. The van der Waals surface area contributed by atoms with E-state index in [9.17, 15) is 0 Å². The van der Waals surface area contributed by atoms with Crippen LogP contribution in [0.4, 0.5) is 0 Å².